The second-order valence-corrected chi connectivity index (χ2v) is 11.7. The van der Waals surface area contributed by atoms with Gasteiger partial charge in [0.15, 0.2) is 4.34 Å². The average molecular weight is 504 g/mol. The molecule has 0 amide bonds. The molecule has 3 aromatic rings. The highest BCUT2D eigenvalue weighted by molar-refractivity contribution is 8.77. The highest BCUT2D eigenvalue weighted by Crippen LogP contribution is 2.41. The summed E-state index contributed by atoms with van der Waals surface area (Å²) in [5, 5.41) is 0. The van der Waals surface area contributed by atoms with E-state index in [1.54, 1.807) is 32.9 Å². The Hall–Kier alpha value is -1.37. The molecular formula is C27H37NO2S3. The molecule has 1 heterocycles. The number of rotatable bonds is 17. The summed E-state index contributed by atoms with van der Waals surface area (Å²) in [7, 11) is 3.44. The molecule has 180 valence electrons. The van der Waals surface area contributed by atoms with Gasteiger partial charge in [0, 0.05) is 4.90 Å². The van der Waals surface area contributed by atoms with E-state index < -0.39 is 0 Å². The van der Waals surface area contributed by atoms with Gasteiger partial charge in [-0.2, -0.15) is 0 Å². The van der Waals surface area contributed by atoms with Crippen molar-refractivity contribution < 1.29 is 9.47 Å². The lowest BCUT2D eigenvalue weighted by molar-refractivity contribution is 0.304. The van der Waals surface area contributed by atoms with Gasteiger partial charge < -0.3 is 9.47 Å². The zero-order valence-corrected chi connectivity index (χ0v) is 22.5. The van der Waals surface area contributed by atoms with E-state index in [-0.39, 0.29) is 0 Å². The summed E-state index contributed by atoms with van der Waals surface area (Å²) in [5.74, 6) is 1.87. The predicted molar refractivity (Wildman–Crippen MR) is 146 cm³/mol. The highest BCUT2D eigenvalue weighted by atomic mass is 33.1. The third-order valence-corrected chi connectivity index (χ3v) is 9.16. The summed E-state index contributed by atoms with van der Waals surface area (Å²) < 4.78 is 13.7. The van der Waals surface area contributed by atoms with Crippen molar-refractivity contribution in [2.24, 2.45) is 0 Å². The van der Waals surface area contributed by atoms with Crippen LogP contribution in [0.4, 0.5) is 0 Å². The van der Waals surface area contributed by atoms with E-state index in [0.29, 0.717) is 6.61 Å². The molecule has 0 bridgehead atoms. The molecular weight excluding hydrogens is 467 g/mol. The molecule has 3 nitrogen and oxygen atoms in total. The lowest BCUT2D eigenvalue weighted by Crippen LogP contribution is -1.97. The Balaban J connectivity index is 1.29. The lowest BCUT2D eigenvalue weighted by Gasteiger charge is -2.07. The number of aromatic nitrogens is 1. The smallest absolute Gasteiger partial charge is 0.162 e. The van der Waals surface area contributed by atoms with Gasteiger partial charge in [-0.25, -0.2) is 4.98 Å². The molecule has 0 atom stereocenters. The SMILES string of the molecule is CCCCCCCCCCCCOc1ccc(SSc2nc3ccc(OCC)cc3s2)cc1. The maximum atomic E-state index is 5.93. The number of ether oxygens (including phenoxy) is 2. The van der Waals surface area contributed by atoms with Crippen molar-refractivity contribution in [3.8, 4) is 11.5 Å². The number of hydrogen-bond acceptors (Lipinski definition) is 6. The number of unbranched alkanes of at least 4 members (excludes halogenated alkanes) is 9. The van der Waals surface area contributed by atoms with Gasteiger partial charge in [0.25, 0.3) is 0 Å². The summed E-state index contributed by atoms with van der Waals surface area (Å²) in [6.45, 7) is 5.77. The fourth-order valence-electron chi connectivity index (χ4n) is 3.63. The van der Waals surface area contributed by atoms with Crippen molar-refractivity contribution in [2.75, 3.05) is 13.2 Å². The first kappa shape index (κ1) is 26.2. The third-order valence-electron chi connectivity index (χ3n) is 5.45. The number of fused-ring (bicyclic) bond motifs is 1. The quantitative estimate of drug-likeness (QED) is 0.135. The Labute approximate surface area is 211 Å². The zero-order chi connectivity index (χ0) is 23.1. The van der Waals surface area contributed by atoms with Crippen LogP contribution >= 0.6 is 32.9 Å². The maximum absolute atomic E-state index is 5.93. The predicted octanol–water partition coefficient (Wildman–Crippen LogP) is 9.79. The fraction of sp³-hybridized carbons (Fsp3) is 0.519. The second kappa shape index (κ2) is 15.5. The van der Waals surface area contributed by atoms with Crippen molar-refractivity contribution in [3.63, 3.8) is 0 Å². The number of nitrogens with zero attached hydrogens (tertiary/aromatic N) is 1. The Kier molecular flexibility index (Phi) is 12.3. The molecule has 0 aliphatic rings. The van der Waals surface area contributed by atoms with Crippen molar-refractivity contribution in [3.05, 3.63) is 42.5 Å². The molecule has 0 aliphatic heterocycles. The van der Waals surface area contributed by atoms with Gasteiger partial charge in [0.1, 0.15) is 11.5 Å². The van der Waals surface area contributed by atoms with E-state index >= 15 is 0 Å². The van der Waals surface area contributed by atoms with E-state index in [2.05, 4.69) is 37.3 Å². The largest absolute Gasteiger partial charge is 0.494 e. The first-order valence-corrected chi connectivity index (χ1v) is 15.4. The van der Waals surface area contributed by atoms with Crippen molar-refractivity contribution in [2.45, 2.75) is 87.3 Å². The minimum Gasteiger partial charge on any atom is -0.494 e. The van der Waals surface area contributed by atoms with Gasteiger partial charge in [-0.05, 0) is 66.6 Å². The van der Waals surface area contributed by atoms with E-state index in [9.17, 15) is 0 Å². The Morgan fingerprint density at radius 1 is 0.727 bits per heavy atom. The number of hydrogen-bond donors (Lipinski definition) is 0. The van der Waals surface area contributed by atoms with Gasteiger partial charge in [-0.1, -0.05) is 75.5 Å². The van der Waals surface area contributed by atoms with Crippen LogP contribution in [0.15, 0.2) is 51.7 Å². The van der Waals surface area contributed by atoms with Crippen LogP contribution in [-0.2, 0) is 0 Å². The summed E-state index contributed by atoms with van der Waals surface area (Å²) in [6, 6.07) is 14.5. The average Bonchev–Trinajstić information content (AvgIpc) is 3.24. The molecule has 1 aromatic heterocycles. The van der Waals surface area contributed by atoms with Crippen LogP contribution < -0.4 is 9.47 Å². The van der Waals surface area contributed by atoms with Gasteiger partial charge in [-0.15, -0.1) is 11.3 Å². The maximum Gasteiger partial charge on any atom is 0.162 e. The summed E-state index contributed by atoms with van der Waals surface area (Å²) in [6.07, 6.45) is 13.5. The van der Waals surface area contributed by atoms with E-state index in [1.165, 1.54) is 67.4 Å². The van der Waals surface area contributed by atoms with Crippen LogP contribution in [-0.4, -0.2) is 18.2 Å². The van der Waals surface area contributed by atoms with Gasteiger partial charge in [-0.3, -0.25) is 0 Å². The van der Waals surface area contributed by atoms with Crippen LogP contribution in [0, 0.1) is 0 Å². The van der Waals surface area contributed by atoms with Crippen LogP contribution in [0.2, 0.25) is 0 Å². The minimum atomic E-state index is 0.681. The van der Waals surface area contributed by atoms with Crippen LogP contribution in [0.5, 0.6) is 11.5 Å². The molecule has 0 N–H and O–H groups in total. The third kappa shape index (κ3) is 9.79. The van der Waals surface area contributed by atoms with E-state index in [4.69, 9.17) is 14.5 Å². The van der Waals surface area contributed by atoms with Gasteiger partial charge in [0.2, 0.25) is 0 Å². The molecule has 0 saturated heterocycles. The van der Waals surface area contributed by atoms with E-state index in [1.807, 2.05) is 19.1 Å². The number of thiazole rings is 1. The standard InChI is InChI=1S/C27H37NO2S3/c1-3-5-6-7-8-9-10-11-12-13-20-30-22-14-17-24(18-15-22)32-33-27-28-25-19-16-23(29-4-2)21-26(25)31-27/h14-19,21H,3-13,20H2,1-2H3. The molecule has 0 radical (unpaired) electrons. The summed E-state index contributed by atoms with van der Waals surface area (Å²) in [4.78, 5) is 5.93. The van der Waals surface area contributed by atoms with Crippen molar-refractivity contribution >= 4 is 43.1 Å². The topological polar surface area (TPSA) is 31.4 Å². The molecule has 0 unspecified atom stereocenters. The normalized spacial score (nSPS) is 11.2. The molecule has 0 saturated carbocycles. The van der Waals surface area contributed by atoms with Crippen molar-refractivity contribution in [1.29, 1.82) is 0 Å². The highest BCUT2D eigenvalue weighted by Gasteiger charge is 2.07. The fourth-order valence-corrected chi connectivity index (χ4v) is 6.87. The second-order valence-electron chi connectivity index (χ2n) is 8.21. The molecule has 33 heavy (non-hydrogen) atoms. The number of benzene rings is 2. The molecule has 0 aliphatic carbocycles. The molecule has 0 fully saturated rings. The molecule has 3 rings (SSSR count). The van der Waals surface area contributed by atoms with E-state index in [0.717, 1.165) is 34.4 Å². The first-order valence-electron chi connectivity index (χ1n) is 12.4. The minimum absolute atomic E-state index is 0.681. The summed E-state index contributed by atoms with van der Waals surface area (Å²) in [5.41, 5.74) is 1.03. The van der Waals surface area contributed by atoms with Crippen LogP contribution in [0.1, 0.15) is 78.1 Å². The molecule has 6 heteroatoms. The van der Waals surface area contributed by atoms with Gasteiger partial charge >= 0.3 is 0 Å². The monoisotopic (exact) mass is 503 g/mol. The molecule has 2 aromatic carbocycles. The Bertz CT molecular complexity index is 927. The zero-order valence-electron chi connectivity index (χ0n) is 20.0. The Morgan fingerprint density at radius 2 is 1.39 bits per heavy atom. The van der Waals surface area contributed by atoms with Gasteiger partial charge in [0.05, 0.1) is 23.4 Å². The van der Waals surface area contributed by atoms with Crippen LogP contribution in [0.3, 0.4) is 0 Å². The lowest BCUT2D eigenvalue weighted by atomic mass is 10.1. The van der Waals surface area contributed by atoms with Crippen LogP contribution in [0.25, 0.3) is 10.2 Å². The summed E-state index contributed by atoms with van der Waals surface area (Å²) >= 11 is 1.71. The van der Waals surface area contributed by atoms with Crippen molar-refractivity contribution in [1.82, 2.24) is 4.98 Å². The Morgan fingerprint density at radius 3 is 2.09 bits per heavy atom. The molecule has 0 spiro atoms. The first-order chi connectivity index (χ1) is 16.3.